The number of carbonyl (C=O) groups excluding carboxylic acids is 2. The van der Waals surface area contributed by atoms with Crippen molar-refractivity contribution in [2.75, 3.05) is 22.1 Å². The SMILES string of the molecule is CCc1ccccc1NC(=O)Nc1ccc(N2CCc3ccccc3C2)c(C(=O)NC(C)CC)c1. The highest BCUT2D eigenvalue weighted by molar-refractivity contribution is 6.04. The second-order valence-electron chi connectivity index (χ2n) is 9.04. The van der Waals surface area contributed by atoms with Gasteiger partial charge < -0.3 is 20.9 Å². The van der Waals surface area contributed by atoms with E-state index < -0.39 is 0 Å². The summed E-state index contributed by atoms with van der Waals surface area (Å²) in [5, 5.41) is 8.92. The number of anilines is 3. The Kier molecular flexibility index (Phi) is 7.70. The molecule has 0 bridgehead atoms. The minimum absolute atomic E-state index is 0.0582. The molecule has 1 atom stereocenters. The number of nitrogens with one attached hydrogen (secondary N) is 3. The first-order valence-corrected chi connectivity index (χ1v) is 12.4. The van der Waals surface area contributed by atoms with Crippen molar-refractivity contribution in [2.24, 2.45) is 0 Å². The van der Waals surface area contributed by atoms with Gasteiger partial charge in [0.25, 0.3) is 5.91 Å². The Hall–Kier alpha value is -3.80. The first-order chi connectivity index (χ1) is 17.0. The van der Waals surface area contributed by atoms with Crippen molar-refractivity contribution >= 4 is 29.0 Å². The van der Waals surface area contributed by atoms with Crippen LogP contribution in [0.25, 0.3) is 0 Å². The maximum absolute atomic E-state index is 13.3. The largest absolute Gasteiger partial charge is 0.366 e. The van der Waals surface area contributed by atoms with Crippen LogP contribution < -0.4 is 20.9 Å². The summed E-state index contributed by atoms with van der Waals surface area (Å²) in [5.41, 5.74) is 6.51. The van der Waals surface area contributed by atoms with Gasteiger partial charge in [0.15, 0.2) is 0 Å². The van der Waals surface area contributed by atoms with E-state index in [1.165, 1.54) is 11.1 Å². The van der Waals surface area contributed by atoms with E-state index in [2.05, 4.69) is 52.0 Å². The van der Waals surface area contributed by atoms with Crippen molar-refractivity contribution in [1.29, 1.82) is 0 Å². The van der Waals surface area contributed by atoms with Crippen LogP contribution in [0.4, 0.5) is 21.9 Å². The number of nitrogens with zero attached hydrogens (tertiary/aromatic N) is 1. The third-order valence-electron chi connectivity index (χ3n) is 6.61. The summed E-state index contributed by atoms with van der Waals surface area (Å²) >= 11 is 0. The van der Waals surface area contributed by atoms with E-state index in [0.29, 0.717) is 11.3 Å². The molecule has 0 saturated carbocycles. The van der Waals surface area contributed by atoms with E-state index in [-0.39, 0.29) is 18.0 Å². The van der Waals surface area contributed by atoms with Crippen molar-refractivity contribution in [3.63, 3.8) is 0 Å². The summed E-state index contributed by atoms with van der Waals surface area (Å²) in [7, 11) is 0. The summed E-state index contributed by atoms with van der Waals surface area (Å²) in [4.78, 5) is 28.3. The third kappa shape index (κ3) is 5.83. The van der Waals surface area contributed by atoms with Crippen molar-refractivity contribution in [3.05, 3.63) is 89.0 Å². The quantitative estimate of drug-likeness (QED) is 0.397. The average molecular weight is 471 g/mol. The fraction of sp³-hybridized carbons (Fsp3) is 0.310. The van der Waals surface area contributed by atoms with Gasteiger partial charge in [0.1, 0.15) is 0 Å². The molecule has 3 N–H and O–H groups in total. The molecule has 3 aromatic rings. The molecule has 6 nitrogen and oxygen atoms in total. The van der Waals surface area contributed by atoms with Crippen molar-refractivity contribution in [1.82, 2.24) is 5.32 Å². The summed E-state index contributed by atoms with van der Waals surface area (Å²) in [6.45, 7) is 7.68. The molecule has 1 unspecified atom stereocenters. The van der Waals surface area contributed by atoms with E-state index >= 15 is 0 Å². The van der Waals surface area contributed by atoms with E-state index in [9.17, 15) is 9.59 Å². The molecule has 35 heavy (non-hydrogen) atoms. The molecule has 0 aliphatic carbocycles. The predicted molar refractivity (Wildman–Crippen MR) is 143 cm³/mol. The van der Waals surface area contributed by atoms with Gasteiger partial charge in [0.2, 0.25) is 0 Å². The molecule has 0 saturated heterocycles. The number of benzene rings is 3. The van der Waals surface area contributed by atoms with E-state index in [0.717, 1.165) is 49.3 Å². The lowest BCUT2D eigenvalue weighted by Crippen LogP contribution is -2.36. The fourth-order valence-electron chi connectivity index (χ4n) is 4.41. The van der Waals surface area contributed by atoms with Crippen molar-refractivity contribution in [3.8, 4) is 0 Å². The summed E-state index contributed by atoms with van der Waals surface area (Å²) in [6, 6.07) is 21.5. The van der Waals surface area contributed by atoms with Crippen molar-refractivity contribution < 1.29 is 9.59 Å². The van der Waals surface area contributed by atoms with Gasteiger partial charge >= 0.3 is 6.03 Å². The first-order valence-electron chi connectivity index (χ1n) is 12.4. The summed E-state index contributed by atoms with van der Waals surface area (Å²) in [5.74, 6) is -0.131. The van der Waals surface area contributed by atoms with Gasteiger partial charge in [0.05, 0.1) is 5.56 Å². The van der Waals surface area contributed by atoms with E-state index in [1.54, 1.807) is 6.07 Å². The van der Waals surface area contributed by atoms with Gasteiger partial charge in [-0.05, 0) is 67.1 Å². The van der Waals surface area contributed by atoms with Crippen LogP contribution in [0.15, 0.2) is 66.7 Å². The zero-order valence-corrected chi connectivity index (χ0v) is 20.7. The minimum atomic E-state index is -0.334. The summed E-state index contributed by atoms with van der Waals surface area (Å²) < 4.78 is 0. The topological polar surface area (TPSA) is 73.5 Å². The Balaban J connectivity index is 1.58. The zero-order chi connectivity index (χ0) is 24.8. The first kappa shape index (κ1) is 24.3. The number of amides is 3. The Bertz CT molecular complexity index is 1210. The Morgan fingerprint density at radius 3 is 2.46 bits per heavy atom. The highest BCUT2D eigenvalue weighted by Crippen LogP contribution is 2.30. The number of hydrogen-bond acceptors (Lipinski definition) is 3. The number of urea groups is 1. The van der Waals surface area contributed by atoms with Crippen LogP contribution in [0, 0.1) is 0 Å². The molecule has 0 spiro atoms. The Morgan fingerprint density at radius 2 is 1.69 bits per heavy atom. The standard InChI is InChI=1S/C29H34N4O2/c1-4-20(3)30-28(34)25-18-24(31-29(35)32-26-13-9-8-10-21(26)5-2)14-15-27(25)33-17-16-22-11-6-7-12-23(22)19-33/h6-15,18,20H,4-5,16-17,19H2,1-3H3,(H,30,34)(H2,31,32,35). The van der Waals surface area contributed by atoms with Gasteiger partial charge in [-0.25, -0.2) is 4.79 Å². The van der Waals surface area contributed by atoms with Gasteiger partial charge in [0, 0.05) is 36.2 Å². The molecule has 3 amide bonds. The molecule has 182 valence electrons. The van der Waals surface area contributed by atoms with Crippen LogP contribution in [-0.4, -0.2) is 24.5 Å². The monoisotopic (exact) mass is 470 g/mol. The minimum Gasteiger partial charge on any atom is -0.366 e. The molecule has 1 aliphatic rings. The molecule has 6 heteroatoms. The number of aryl methyl sites for hydroxylation is 1. The molecule has 0 aromatic heterocycles. The predicted octanol–water partition coefficient (Wildman–Crippen LogP) is 5.98. The number of carbonyl (C=O) groups is 2. The second-order valence-corrected chi connectivity index (χ2v) is 9.04. The van der Waals surface area contributed by atoms with Gasteiger partial charge in [-0.15, -0.1) is 0 Å². The van der Waals surface area contributed by atoms with Crippen LogP contribution in [0.3, 0.4) is 0 Å². The average Bonchev–Trinajstić information content (AvgIpc) is 2.88. The van der Waals surface area contributed by atoms with Crippen LogP contribution in [0.2, 0.25) is 0 Å². The second kappa shape index (κ2) is 11.1. The van der Waals surface area contributed by atoms with Gasteiger partial charge in [-0.2, -0.15) is 0 Å². The van der Waals surface area contributed by atoms with E-state index in [4.69, 9.17) is 0 Å². The van der Waals surface area contributed by atoms with Crippen LogP contribution in [0.1, 0.15) is 54.2 Å². The van der Waals surface area contributed by atoms with Crippen LogP contribution in [-0.2, 0) is 19.4 Å². The van der Waals surface area contributed by atoms with Gasteiger partial charge in [-0.1, -0.05) is 56.3 Å². The fourth-order valence-corrected chi connectivity index (χ4v) is 4.41. The lowest BCUT2D eigenvalue weighted by Gasteiger charge is -2.32. The number of fused-ring (bicyclic) bond motifs is 1. The molecular formula is C29H34N4O2. The zero-order valence-electron chi connectivity index (χ0n) is 20.7. The van der Waals surface area contributed by atoms with Gasteiger partial charge in [-0.3, -0.25) is 4.79 Å². The Morgan fingerprint density at radius 1 is 0.943 bits per heavy atom. The van der Waals surface area contributed by atoms with E-state index in [1.807, 2.05) is 50.2 Å². The third-order valence-corrected chi connectivity index (χ3v) is 6.61. The lowest BCUT2D eigenvalue weighted by molar-refractivity contribution is 0.0939. The number of rotatable bonds is 7. The molecular weight excluding hydrogens is 436 g/mol. The smallest absolute Gasteiger partial charge is 0.323 e. The number of para-hydroxylation sites is 1. The highest BCUT2D eigenvalue weighted by atomic mass is 16.2. The summed E-state index contributed by atoms with van der Waals surface area (Å²) in [6.07, 6.45) is 2.60. The molecule has 0 fully saturated rings. The van der Waals surface area contributed by atoms with Crippen LogP contribution in [0.5, 0.6) is 0 Å². The molecule has 1 aliphatic heterocycles. The normalized spacial score (nSPS) is 13.5. The highest BCUT2D eigenvalue weighted by Gasteiger charge is 2.22. The lowest BCUT2D eigenvalue weighted by atomic mass is 9.98. The maximum atomic E-state index is 13.3. The molecule has 4 rings (SSSR count). The maximum Gasteiger partial charge on any atom is 0.323 e. The van der Waals surface area contributed by atoms with Crippen molar-refractivity contribution in [2.45, 2.75) is 52.6 Å². The molecule has 0 radical (unpaired) electrons. The van der Waals surface area contributed by atoms with Crippen LogP contribution >= 0.6 is 0 Å². The number of hydrogen-bond donors (Lipinski definition) is 3. The molecule has 1 heterocycles. The molecule has 3 aromatic carbocycles. The Labute approximate surface area is 207 Å².